The molecule has 0 atom stereocenters. The highest BCUT2D eigenvalue weighted by Crippen LogP contribution is 2.30. The molecule has 1 fully saturated rings. The summed E-state index contributed by atoms with van der Waals surface area (Å²) < 4.78 is 11.1. The van der Waals surface area contributed by atoms with Gasteiger partial charge in [-0.15, -0.1) is 0 Å². The Labute approximate surface area is 177 Å². The van der Waals surface area contributed by atoms with E-state index < -0.39 is 0 Å². The van der Waals surface area contributed by atoms with Crippen LogP contribution in [0.25, 0.3) is 6.08 Å². The minimum Gasteiger partial charge on any atom is -0.493 e. The second kappa shape index (κ2) is 9.48. The number of aryl methyl sites for hydroxylation is 1. The number of nitrogens with zero attached hydrogens (tertiary/aromatic N) is 1. The van der Waals surface area contributed by atoms with E-state index in [0.29, 0.717) is 23.6 Å². The van der Waals surface area contributed by atoms with Crippen molar-refractivity contribution in [3.8, 4) is 11.5 Å². The molecule has 1 aliphatic heterocycles. The number of nitrogens with one attached hydrogen (secondary N) is 1. The molecule has 1 aliphatic rings. The largest absolute Gasteiger partial charge is 0.493 e. The van der Waals surface area contributed by atoms with Gasteiger partial charge >= 0.3 is 0 Å². The molecule has 0 unspecified atom stereocenters. The molecule has 158 valence electrons. The molecule has 0 aromatic heterocycles. The van der Waals surface area contributed by atoms with Crippen molar-refractivity contribution in [2.45, 2.75) is 39.7 Å². The van der Waals surface area contributed by atoms with E-state index in [1.165, 1.54) is 6.08 Å². The summed E-state index contributed by atoms with van der Waals surface area (Å²) in [5.41, 5.74) is 3.38. The summed E-state index contributed by atoms with van der Waals surface area (Å²) in [7, 11) is 1.59. The van der Waals surface area contributed by atoms with Crippen molar-refractivity contribution in [2.24, 2.45) is 0 Å². The normalized spacial score (nSPS) is 13.9. The van der Waals surface area contributed by atoms with Crippen molar-refractivity contribution < 1.29 is 19.1 Å². The third kappa shape index (κ3) is 5.20. The number of carbonyl (C=O) groups is 2. The van der Waals surface area contributed by atoms with Crippen molar-refractivity contribution in [3.05, 3.63) is 53.6 Å². The molecule has 2 aromatic rings. The van der Waals surface area contributed by atoms with Gasteiger partial charge in [0.25, 0.3) is 0 Å². The maximum absolute atomic E-state index is 12.3. The molecule has 2 amide bonds. The van der Waals surface area contributed by atoms with Crippen LogP contribution in [0, 0.1) is 6.92 Å². The van der Waals surface area contributed by atoms with E-state index in [9.17, 15) is 9.59 Å². The minimum atomic E-state index is -0.235. The fourth-order valence-electron chi connectivity index (χ4n) is 3.43. The number of rotatable bonds is 7. The van der Waals surface area contributed by atoms with Gasteiger partial charge in [0.15, 0.2) is 11.5 Å². The minimum absolute atomic E-state index is 0.0458. The molecule has 1 saturated heterocycles. The summed E-state index contributed by atoms with van der Waals surface area (Å²) in [4.78, 5) is 26.1. The van der Waals surface area contributed by atoms with Crippen LogP contribution in [0.2, 0.25) is 0 Å². The molecule has 6 nitrogen and oxygen atoms in total. The fourth-order valence-corrected chi connectivity index (χ4v) is 3.43. The Morgan fingerprint density at radius 2 is 1.97 bits per heavy atom. The number of benzene rings is 2. The molecule has 3 rings (SSSR count). The molecule has 0 saturated carbocycles. The first kappa shape index (κ1) is 21.4. The molecule has 2 aromatic carbocycles. The Balaban J connectivity index is 1.66. The fraction of sp³-hybridized carbons (Fsp3) is 0.333. The van der Waals surface area contributed by atoms with Crippen LogP contribution in [0.1, 0.15) is 37.8 Å². The van der Waals surface area contributed by atoms with Gasteiger partial charge in [-0.1, -0.05) is 6.07 Å². The van der Waals surface area contributed by atoms with Crippen LogP contribution in [-0.2, 0) is 9.59 Å². The van der Waals surface area contributed by atoms with Crippen LogP contribution >= 0.6 is 0 Å². The van der Waals surface area contributed by atoms with Gasteiger partial charge in [0.05, 0.1) is 13.2 Å². The molecule has 1 N–H and O–H groups in total. The second-order valence-electron chi connectivity index (χ2n) is 7.55. The van der Waals surface area contributed by atoms with Gasteiger partial charge in [-0.05, 0) is 74.7 Å². The SMILES string of the molecule is COc1cc(/C=C/C(=O)Nc2ccc(N3CCCC3=O)c(C)c2)ccc1OC(C)C. The molecule has 30 heavy (non-hydrogen) atoms. The molecule has 0 radical (unpaired) electrons. The van der Waals surface area contributed by atoms with Crippen LogP contribution in [0.3, 0.4) is 0 Å². The van der Waals surface area contributed by atoms with E-state index in [1.54, 1.807) is 18.1 Å². The Kier molecular flexibility index (Phi) is 6.77. The molecule has 0 bridgehead atoms. The predicted octanol–water partition coefficient (Wildman–Crippen LogP) is 4.57. The van der Waals surface area contributed by atoms with Crippen molar-refractivity contribution in [1.82, 2.24) is 0 Å². The van der Waals surface area contributed by atoms with E-state index >= 15 is 0 Å². The van der Waals surface area contributed by atoms with Crippen LogP contribution in [0.15, 0.2) is 42.5 Å². The quantitative estimate of drug-likeness (QED) is 0.682. The predicted molar refractivity (Wildman–Crippen MR) is 119 cm³/mol. The van der Waals surface area contributed by atoms with Crippen LogP contribution in [0.4, 0.5) is 11.4 Å². The monoisotopic (exact) mass is 408 g/mol. The van der Waals surface area contributed by atoms with E-state index in [0.717, 1.165) is 29.8 Å². The Morgan fingerprint density at radius 1 is 1.17 bits per heavy atom. The highest BCUT2D eigenvalue weighted by molar-refractivity contribution is 6.02. The van der Waals surface area contributed by atoms with Gasteiger partial charge in [-0.3, -0.25) is 9.59 Å². The van der Waals surface area contributed by atoms with Crippen molar-refractivity contribution >= 4 is 29.3 Å². The van der Waals surface area contributed by atoms with Gasteiger partial charge in [-0.25, -0.2) is 0 Å². The van der Waals surface area contributed by atoms with Crippen LogP contribution < -0.4 is 19.7 Å². The van der Waals surface area contributed by atoms with Crippen LogP contribution in [0.5, 0.6) is 11.5 Å². The maximum atomic E-state index is 12.3. The Bertz CT molecular complexity index is 966. The zero-order chi connectivity index (χ0) is 21.7. The van der Waals surface area contributed by atoms with Crippen molar-refractivity contribution in [1.29, 1.82) is 0 Å². The average molecular weight is 408 g/mol. The van der Waals surface area contributed by atoms with Gasteiger partial charge in [0, 0.05) is 30.4 Å². The number of methoxy groups -OCH3 is 1. The Hall–Kier alpha value is -3.28. The summed E-state index contributed by atoms with van der Waals surface area (Å²) >= 11 is 0. The summed E-state index contributed by atoms with van der Waals surface area (Å²) in [6.07, 6.45) is 4.73. The second-order valence-corrected chi connectivity index (χ2v) is 7.55. The number of carbonyl (C=O) groups excluding carboxylic acids is 2. The van der Waals surface area contributed by atoms with Crippen molar-refractivity contribution in [2.75, 3.05) is 23.9 Å². The Morgan fingerprint density at radius 3 is 2.60 bits per heavy atom. The number of amides is 2. The van der Waals surface area contributed by atoms with Gasteiger partial charge in [-0.2, -0.15) is 0 Å². The highest BCUT2D eigenvalue weighted by atomic mass is 16.5. The van der Waals surface area contributed by atoms with Crippen LogP contribution in [-0.4, -0.2) is 31.6 Å². The topological polar surface area (TPSA) is 67.9 Å². The first-order chi connectivity index (χ1) is 14.4. The lowest BCUT2D eigenvalue weighted by Gasteiger charge is -2.19. The van der Waals surface area contributed by atoms with Gasteiger partial charge in [0.1, 0.15) is 0 Å². The summed E-state index contributed by atoms with van der Waals surface area (Å²) in [5, 5.41) is 2.86. The molecule has 0 aliphatic carbocycles. The molecule has 0 spiro atoms. The number of anilines is 2. The molecular weight excluding hydrogens is 380 g/mol. The molecule has 1 heterocycles. The lowest BCUT2D eigenvalue weighted by Crippen LogP contribution is -2.24. The summed E-state index contributed by atoms with van der Waals surface area (Å²) in [6.45, 7) is 6.60. The smallest absolute Gasteiger partial charge is 0.248 e. The van der Waals surface area contributed by atoms with E-state index in [2.05, 4.69) is 5.32 Å². The van der Waals surface area contributed by atoms with E-state index in [4.69, 9.17) is 9.47 Å². The molecular formula is C24H28N2O4. The maximum Gasteiger partial charge on any atom is 0.248 e. The zero-order valence-corrected chi connectivity index (χ0v) is 17.9. The van der Waals surface area contributed by atoms with Crippen molar-refractivity contribution in [3.63, 3.8) is 0 Å². The lowest BCUT2D eigenvalue weighted by molar-refractivity contribution is -0.117. The first-order valence-corrected chi connectivity index (χ1v) is 10.1. The number of hydrogen-bond donors (Lipinski definition) is 1. The standard InChI is InChI=1S/C24H28N2O4/c1-16(2)30-21-11-7-18(15-22(21)29-4)8-12-23(27)25-19-9-10-20(17(3)14-19)26-13-5-6-24(26)28/h7-12,14-16H,5-6,13H2,1-4H3,(H,25,27)/b12-8+. The third-order valence-corrected chi connectivity index (χ3v) is 4.81. The van der Waals surface area contributed by atoms with Gasteiger partial charge < -0.3 is 19.7 Å². The molecule has 6 heteroatoms. The number of hydrogen-bond acceptors (Lipinski definition) is 4. The summed E-state index contributed by atoms with van der Waals surface area (Å²) in [5.74, 6) is 1.20. The van der Waals surface area contributed by atoms with E-state index in [-0.39, 0.29) is 17.9 Å². The lowest BCUT2D eigenvalue weighted by atomic mass is 10.1. The van der Waals surface area contributed by atoms with E-state index in [1.807, 2.05) is 57.2 Å². The number of ether oxygens (including phenoxy) is 2. The zero-order valence-electron chi connectivity index (χ0n) is 17.9. The highest BCUT2D eigenvalue weighted by Gasteiger charge is 2.22. The first-order valence-electron chi connectivity index (χ1n) is 10.1. The average Bonchev–Trinajstić information content (AvgIpc) is 3.12. The third-order valence-electron chi connectivity index (χ3n) is 4.81. The van der Waals surface area contributed by atoms with Gasteiger partial charge in [0.2, 0.25) is 11.8 Å². The summed E-state index contributed by atoms with van der Waals surface area (Å²) in [6, 6.07) is 11.1.